The van der Waals surface area contributed by atoms with Crippen LogP contribution >= 0.6 is 12.2 Å². The maximum atomic E-state index is 10.1. The first-order valence-corrected chi connectivity index (χ1v) is 4.41. The number of hydrogen-bond acceptors (Lipinski definition) is 4. The molecule has 1 aromatic rings. The second-order valence-corrected chi connectivity index (χ2v) is 3.12. The minimum absolute atomic E-state index is 0.250. The van der Waals surface area contributed by atoms with Crippen LogP contribution in [0.1, 0.15) is 11.7 Å². The molecule has 0 bridgehead atoms. The first-order valence-electron chi connectivity index (χ1n) is 4.00. The predicted molar refractivity (Wildman–Crippen MR) is 56.1 cm³/mol. The molecule has 0 heterocycles. The molecule has 0 aliphatic heterocycles. The van der Waals surface area contributed by atoms with Crippen molar-refractivity contribution in [3.05, 3.63) is 35.9 Å². The van der Waals surface area contributed by atoms with Gasteiger partial charge in [0.15, 0.2) is 0 Å². The fourth-order valence-corrected chi connectivity index (χ4v) is 0.771. The summed E-state index contributed by atoms with van der Waals surface area (Å²) in [5, 5.41) is 19.3. The van der Waals surface area contributed by atoms with Crippen LogP contribution in [0, 0.1) is 0 Å². The van der Waals surface area contributed by atoms with E-state index in [1.165, 1.54) is 12.1 Å². The SMILES string of the molecule is NC([NH3+])=S.O=C([O-])[C@@H](O)c1ccccc1. The Kier molecular flexibility index (Phi) is 6.19. The Morgan fingerprint density at radius 1 is 1.47 bits per heavy atom. The third-order valence-corrected chi connectivity index (χ3v) is 1.34. The van der Waals surface area contributed by atoms with Gasteiger partial charge >= 0.3 is 0 Å². The molecule has 82 valence electrons. The highest BCUT2D eigenvalue weighted by atomic mass is 32.1. The molecule has 1 rings (SSSR count). The zero-order valence-electron chi connectivity index (χ0n) is 7.92. The van der Waals surface area contributed by atoms with Crippen LogP contribution in [0.5, 0.6) is 0 Å². The van der Waals surface area contributed by atoms with E-state index in [9.17, 15) is 9.90 Å². The van der Waals surface area contributed by atoms with Crippen molar-refractivity contribution >= 4 is 23.3 Å². The zero-order valence-corrected chi connectivity index (χ0v) is 8.74. The van der Waals surface area contributed by atoms with Gasteiger partial charge in [0.25, 0.3) is 5.11 Å². The number of benzene rings is 1. The molecule has 0 radical (unpaired) electrons. The fraction of sp³-hybridized carbons (Fsp3) is 0.111. The molecule has 15 heavy (non-hydrogen) atoms. The monoisotopic (exact) mass is 228 g/mol. The van der Waals surface area contributed by atoms with E-state index in [0.29, 0.717) is 5.56 Å². The molecule has 0 spiro atoms. The normalized spacial score (nSPS) is 10.8. The minimum atomic E-state index is -1.52. The van der Waals surface area contributed by atoms with Gasteiger partial charge in [-0.25, -0.2) is 0 Å². The molecule has 0 saturated heterocycles. The van der Waals surface area contributed by atoms with E-state index in [-0.39, 0.29) is 5.11 Å². The number of thiocarbonyl (C=S) groups is 1. The highest BCUT2D eigenvalue weighted by Gasteiger charge is 2.05. The zero-order chi connectivity index (χ0) is 11.8. The summed E-state index contributed by atoms with van der Waals surface area (Å²) in [6.07, 6.45) is -1.52. The lowest BCUT2D eigenvalue weighted by molar-refractivity contribution is -0.315. The van der Waals surface area contributed by atoms with Gasteiger partial charge in [-0.05, 0) is 5.56 Å². The summed E-state index contributed by atoms with van der Waals surface area (Å²) in [5.74, 6) is -1.48. The Balaban J connectivity index is 0.000000423. The smallest absolute Gasteiger partial charge is 0.262 e. The summed E-state index contributed by atoms with van der Waals surface area (Å²) in [7, 11) is 0. The Morgan fingerprint density at radius 3 is 2.20 bits per heavy atom. The summed E-state index contributed by atoms with van der Waals surface area (Å²) in [4.78, 5) is 10.1. The van der Waals surface area contributed by atoms with Crippen LogP contribution in [0.25, 0.3) is 0 Å². The van der Waals surface area contributed by atoms with Crippen LogP contribution in [0.2, 0.25) is 0 Å². The summed E-state index contributed by atoms with van der Waals surface area (Å²) >= 11 is 4.20. The van der Waals surface area contributed by atoms with Crippen LogP contribution in [0.3, 0.4) is 0 Å². The molecular formula is C9H12N2O3S. The molecule has 0 fully saturated rings. The quantitative estimate of drug-likeness (QED) is 0.504. The van der Waals surface area contributed by atoms with E-state index in [0.717, 1.165) is 0 Å². The van der Waals surface area contributed by atoms with Crippen LogP contribution < -0.4 is 16.6 Å². The van der Waals surface area contributed by atoms with Crippen LogP contribution in [0.4, 0.5) is 0 Å². The van der Waals surface area contributed by atoms with Gasteiger partial charge in [-0.3, -0.25) is 0 Å². The summed E-state index contributed by atoms with van der Waals surface area (Å²) in [6, 6.07) is 8.11. The number of aliphatic hydroxyl groups excluding tert-OH is 1. The van der Waals surface area contributed by atoms with Gasteiger partial charge in [-0.1, -0.05) is 30.3 Å². The van der Waals surface area contributed by atoms with Gasteiger partial charge < -0.3 is 26.5 Å². The van der Waals surface area contributed by atoms with Gasteiger partial charge in [0.1, 0.15) is 6.10 Å². The number of hydrogen-bond donors (Lipinski definition) is 3. The molecule has 1 atom stereocenters. The lowest BCUT2D eigenvalue weighted by Gasteiger charge is -2.10. The second-order valence-electron chi connectivity index (χ2n) is 2.60. The third-order valence-electron chi connectivity index (χ3n) is 1.34. The molecule has 6 N–H and O–H groups in total. The Morgan fingerprint density at radius 2 is 1.87 bits per heavy atom. The molecule has 0 saturated carbocycles. The number of aliphatic carboxylic acids is 1. The van der Waals surface area contributed by atoms with Crippen molar-refractivity contribution in [3.63, 3.8) is 0 Å². The van der Waals surface area contributed by atoms with Crippen LogP contribution in [-0.2, 0) is 4.79 Å². The Hall–Kier alpha value is -1.50. The van der Waals surface area contributed by atoms with Crippen molar-refractivity contribution in [1.82, 2.24) is 0 Å². The van der Waals surface area contributed by atoms with Gasteiger partial charge in [0, 0.05) is 12.2 Å². The van der Waals surface area contributed by atoms with Crippen molar-refractivity contribution in [2.45, 2.75) is 6.10 Å². The number of nitrogens with two attached hydrogens (primary N) is 1. The van der Waals surface area contributed by atoms with E-state index in [1.807, 2.05) is 0 Å². The molecule has 0 aliphatic carbocycles. The topological polar surface area (TPSA) is 114 Å². The number of rotatable bonds is 2. The average molecular weight is 228 g/mol. The molecule has 1 aromatic carbocycles. The first kappa shape index (κ1) is 13.5. The number of aliphatic hydroxyl groups is 1. The molecule has 0 aliphatic rings. The van der Waals surface area contributed by atoms with Crippen LogP contribution in [-0.4, -0.2) is 16.2 Å². The minimum Gasteiger partial charge on any atom is -0.547 e. The van der Waals surface area contributed by atoms with Crippen molar-refractivity contribution < 1.29 is 20.7 Å². The molecular weight excluding hydrogens is 216 g/mol. The highest BCUT2D eigenvalue weighted by molar-refractivity contribution is 7.79. The number of carbonyl (C=O) groups excluding carboxylic acids is 1. The van der Waals surface area contributed by atoms with Gasteiger partial charge in [-0.15, -0.1) is 0 Å². The Labute approximate surface area is 92.3 Å². The maximum absolute atomic E-state index is 10.1. The van der Waals surface area contributed by atoms with Gasteiger partial charge in [0.05, 0.1) is 5.97 Å². The predicted octanol–water partition coefficient (Wildman–Crippen LogP) is -2.06. The van der Waals surface area contributed by atoms with E-state index in [4.69, 9.17) is 10.8 Å². The number of carboxylic acid groups (broad SMARTS) is 1. The third kappa shape index (κ3) is 6.55. The van der Waals surface area contributed by atoms with Gasteiger partial charge in [-0.2, -0.15) is 0 Å². The number of carbonyl (C=O) groups is 1. The van der Waals surface area contributed by atoms with Crippen LogP contribution in [0.15, 0.2) is 30.3 Å². The average Bonchev–Trinajstić information content (AvgIpc) is 2.17. The standard InChI is InChI=1S/C8H8O3.CH4N2S/c9-7(8(10)11)6-4-2-1-3-5-6;2-1(3)4/h1-5,7,9H,(H,10,11);(H4,2,3,4)/t7-;/m0./s1. The highest BCUT2D eigenvalue weighted by Crippen LogP contribution is 2.09. The molecule has 0 unspecified atom stereocenters. The first-order chi connectivity index (χ1) is 6.95. The summed E-state index contributed by atoms with van der Waals surface area (Å²) in [6.45, 7) is 0. The van der Waals surface area contributed by atoms with E-state index >= 15 is 0 Å². The number of carboxylic acids is 1. The van der Waals surface area contributed by atoms with E-state index in [2.05, 4.69) is 18.0 Å². The van der Waals surface area contributed by atoms with Gasteiger partial charge in [0.2, 0.25) is 0 Å². The summed E-state index contributed by atoms with van der Waals surface area (Å²) < 4.78 is 0. The Bertz CT molecular complexity index is 325. The lowest BCUT2D eigenvalue weighted by atomic mass is 10.1. The van der Waals surface area contributed by atoms with E-state index < -0.39 is 12.1 Å². The molecule has 6 heteroatoms. The fourth-order valence-electron chi connectivity index (χ4n) is 0.771. The largest absolute Gasteiger partial charge is 0.547 e. The maximum Gasteiger partial charge on any atom is 0.262 e. The molecule has 0 amide bonds. The van der Waals surface area contributed by atoms with Crippen molar-refractivity contribution in [3.8, 4) is 0 Å². The molecule has 5 nitrogen and oxygen atoms in total. The van der Waals surface area contributed by atoms with Crippen molar-refractivity contribution in [2.24, 2.45) is 5.73 Å². The molecule has 0 aromatic heterocycles. The summed E-state index contributed by atoms with van der Waals surface area (Å²) in [5.41, 5.74) is 8.22. The second kappa shape index (κ2) is 6.88. The number of quaternary nitrogens is 1. The lowest BCUT2D eigenvalue weighted by Crippen LogP contribution is -2.60. The van der Waals surface area contributed by atoms with Crippen molar-refractivity contribution in [2.75, 3.05) is 0 Å². The van der Waals surface area contributed by atoms with E-state index in [1.54, 1.807) is 18.2 Å². The van der Waals surface area contributed by atoms with Crippen molar-refractivity contribution in [1.29, 1.82) is 0 Å².